The zero-order chi connectivity index (χ0) is 12.8. The van der Waals surface area contributed by atoms with Crippen LogP contribution in [0.5, 0.6) is 0 Å². The molecule has 1 aromatic carbocycles. The molecule has 0 aliphatic carbocycles. The van der Waals surface area contributed by atoms with E-state index in [1.54, 1.807) is 0 Å². The van der Waals surface area contributed by atoms with Crippen molar-refractivity contribution in [1.29, 1.82) is 0 Å². The van der Waals surface area contributed by atoms with Gasteiger partial charge in [0.15, 0.2) is 0 Å². The van der Waals surface area contributed by atoms with Crippen LogP contribution < -0.4 is 5.32 Å². The van der Waals surface area contributed by atoms with Crippen LogP contribution in [0, 0.1) is 0 Å². The molecule has 0 bridgehead atoms. The monoisotopic (exact) mass is 330 g/mol. The molecular weight excluding hydrogens is 312 g/mol. The average Bonchev–Trinajstić information content (AvgIpc) is 2.40. The van der Waals surface area contributed by atoms with Crippen LogP contribution in [0.15, 0.2) is 22.7 Å². The maximum atomic E-state index is 6.22. The summed E-state index contributed by atoms with van der Waals surface area (Å²) in [6.07, 6.45) is 4.12. The molecule has 18 heavy (non-hydrogen) atoms. The molecule has 2 rings (SSSR count). The van der Waals surface area contributed by atoms with Crippen LogP contribution in [0.1, 0.15) is 24.8 Å². The summed E-state index contributed by atoms with van der Waals surface area (Å²) in [5.41, 5.74) is 1.16. The minimum Gasteiger partial charge on any atom is -0.311 e. The SMILES string of the molecule is Clc1c(Br)cccc1CNCCN1CCCCC1. The number of nitrogens with zero attached hydrogens (tertiary/aromatic N) is 1. The smallest absolute Gasteiger partial charge is 0.0592 e. The van der Waals surface area contributed by atoms with Crippen molar-refractivity contribution in [3.63, 3.8) is 0 Å². The van der Waals surface area contributed by atoms with Gasteiger partial charge < -0.3 is 10.2 Å². The Morgan fingerprint density at radius 1 is 1.22 bits per heavy atom. The quantitative estimate of drug-likeness (QED) is 0.828. The molecule has 100 valence electrons. The first-order chi connectivity index (χ1) is 8.77. The zero-order valence-corrected chi connectivity index (χ0v) is 12.9. The molecule has 2 nitrogen and oxygen atoms in total. The van der Waals surface area contributed by atoms with Crippen LogP contribution in [0.2, 0.25) is 5.02 Å². The van der Waals surface area contributed by atoms with Crippen molar-refractivity contribution in [2.75, 3.05) is 26.2 Å². The summed E-state index contributed by atoms with van der Waals surface area (Å²) in [4.78, 5) is 2.54. The van der Waals surface area contributed by atoms with Crippen molar-refractivity contribution >= 4 is 27.5 Å². The van der Waals surface area contributed by atoms with Crippen molar-refractivity contribution < 1.29 is 0 Å². The number of halogens is 2. The van der Waals surface area contributed by atoms with Gasteiger partial charge in [-0.05, 0) is 53.5 Å². The minimum absolute atomic E-state index is 0.822. The lowest BCUT2D eigenvalue weighted by atomic mass is 10.1. The van der Waals surface area contributed by atoms with Gasteiger partial charge in [-0.3, -0.25) is 0 Å². The van der Waals surface area contributed by atoms with E-state index in [1.165, 1.54) is 32.4 Å². The first kappa shape index (κ1) is 14.3. The summed E-state index contributed by atoms with van der Waals surface area (Å²) in [5.74, 6) is 0. The predicted molar refractivity (Wildman–Crippen MR) is 81.1 cm³/mol. The fourth-order valence-corrected chi connectivity index (χ4v) is 2.93. The molecule has 1 aliphatic heterocycles. The average molecular weight is 332 g/mol. The van der Waals surface area contributed by atoms with Gasteiger partial charge in [0, 0.05) is 24.1 Å². The van der Waals surface area contributed by atoms with E-state index < -0.39 is 0 Å². The molecule has 0 amide bonds. The molecular formula is C14H20BrClN2. The summed E-state index contributed by atoms with van der Waals surface area (Å²) in [7, 11) is 0. The molecule has 0 unspecified atom stereocenters. The molecule has 0 saturated carbocycles. The molecule has 1 heterocycles. The van der Waals surface area contributed by atoms with Crippen LogP contribution in [-0.4, -0.2) is 31.1 Å². The van der Waals surface area contributed by atoms with E-state index in [2.05, 4.69) is 32.2 Å². The molecule has 1 N–H and O–H groups in total. The van der Waals surface area contributed by atoms with Gasteiger partial charge in [-0.15, -0.1) is 0 Å². The molecule has 0 aromatic heterocycles. The van der Waals surface area contributed by atoms with Gasteiger partial charge in [-0.2, -0.15) is 0 Å². The van der Waals surface area contributed by atoms with Gasteiger partial charge in [-0.1, -0.05) is 30.2 Å². The van der Waals surface area contributed by atoms with E-state index in [1.807, 2.05) is 12.1 Å². The zero-order valence-electron chi connectivity index (χ0n) is 10.6. The number of nitrogens with one attached hydrogen (secondary N) is 1. The Hall–Kier alpha value is -0.0900. The van der Waals surface area contributed by atoms with Crippen molar-refractivity contribution in [3.05, 3.63) is 33.3 Å². The number of hydrogen-bond donors (Lipinski definition) is 1. The van der Waals surface area contributed by atoms with Crippen LogP contribution in [0.4, 0.5) is 0 Å². The van der Waals surface area contributed by atoms with Crippen molar-refractivity contribution in [2.24, 2.45) is 0 Å². The number of piperidine rings is 1. The normalized spacial score (nSPS) is 17.0. The van der Waals surface area contributed by atoms with Gasteiger partial charge in [0.25, 0.3) is 0 Å². The van der Waals surface area contributed by atoms with Crippen LogP contribution in [0.3, 0.4) is 0 Å². The number of benzene rings is 1. The molecule has 0 spiro atoms. The number of rotatable bonds is 5. The lowest BCUT2D eigenvalue weighted by molar-refractivity contribution is 0.229. The van der Waals surface area contributed by atoms with Crippen LogP contribution in [0.25, 0.3) is 0 Å². The van der Waals surface area contributed by atoms with Crippen molar-refractivity contribution in [3.8, 4) is 0 Å². The van der Waals surface area contributed by atoms with Gasteiger partial charge >= 0.3 is 0 Å². The van der Waals surface area contributed by atoms with Gasteiger partial charge in [0.1, 0.15) is 0 Å². The highest BCUT2D eigenvalue weighted by atomic mass is 79.9. The summed E-state index contributed by atoms with van der Waals surface area (Å²) >= 11 is 9.67. The van der Waals surface area contributed by atoms with E-state index in [4.69, 9.17) is 11.6 Å². The second kappa shape index (κ2) is 7.49. The molecule has 1 fully saturated rings. The predicted octanol–water partition coefficient (Wildman–Crippen LogP) is 3.68. The third kappa shape index (κ3) is 4.23. The van der Waals surface area contributed by atoms with E-state index in [-0.39, 0.29) is 0 Å². The minimum atomic E-state index is 0.822. The highest BCUT2D eigenvalue weighted by molar-refractivity contribution is 9.10. The largest absolute Gasteiger partial charge is 0.311 e. The Morgan fingerprint density at radius 3 is 2.78 bits per heavy atom. The van der Waals surface area contributed by atoms with E-state index in [9.17, 15) is 0 Å². The van der Waals surface area contributed by atoms with Crippen LogP contribution >= 0.6 is 27.5 Å². The van der Waals surface area contributed by atoms with E-state index in [0.717, 1.165) is 34.7 Å². The lowest BCUT2D eigenvalue weighted by Crippen LogP contribution is -2.35. The first-order valence-electron chi connectivity index (χ1n) is 6.63. The fourth-order valence-electron chi connectivity index (χ4n) is 2.33. The fraction of sp³-hybridized carbons (Fsp3) is 0.571. The Balaban J connectivity index is 1.70. The van der Waals surface area contributed by atoms with Crippen LogP contribution in [-0.2, 0) is 6.54 Å². The van der Waals surface area contributed by atoms with Gasteiger partial charge in [0.05, 0.1) is 5.02 Å². The maximum absolute atomic E-state index is 6.22. The summed E-state index contributed by atoms with van der Waals surface area (Å²) in [6.45, 7) is 5.54. The van der Waals surface area contributed by atoms with Gasteiger partial charge in [0.2, 0.25) is 0 Å². The highest BCUT2D eigenvalue weighted by Crippen LogP contribution is 2.25. The molecule has 1 saturated heterocycles. The highest BCUT2D eigenvalue weighted by Gasteiger charge is 2.09. The third-order valence-corrected chi connectivity index (χ3v) is 4.74. The lowest BCUT2D eigenvalue weighted by Gasteiger charge is -2.26. The topological polar surface area (TPSA) is 15.3 Å². The number of hydrogen-bond acceptors (Lipinski definition) is 2. The van der Waals surface area contributed by atoms with Crippen molar-refractivity contribution in [1.82, 2.24) is 10.2 Å². The summed E-state index contributed by atoms with van der Waals surface area (Å²) < 4.78 is 0.972. The summed E-state index contributed by atoms with van der Waals surface area (Å²) in [6, 6.07) is 6.07. The Kier molecular flexibility index (Phi) is 5.96. The summed E-state index contributed by atoms with van der Waals surface area (Å²) in [5, 5.41) is 4.29. The molecule has 0 atom stereocenters. The Labute approximate surface area is 123 Å². The van der Waals surface area contributed by atoms with Gasteiger partial charge in [-0.25, -0.2) is 0 Å². The molecule has 0 radical (unpaired) electrons. The second-order valence-electron chi connectivity index (χ2n) is 4.79. The number of likely N-dealkylation sites (tertiary alicyclic amines) is 1. The first-order valence-corrected chi connectivity index (χ1v) is 7.80. The van der Waals surface area contributed by atoms with E-state index in [0.29, 0.717) is 0 Å². The third-order valence-electron chi connectivity index (χ3n) is 3.40. The Morgan fingerprint density at radius 2 is 2.00 bits per heavy atom. The van der Waals surface area contributed by atoms with Crippen molar-refractivity contribution in [2.45, 2.75) is 25.8 Å². The maximum Gasteiger partial charge on any atom is 0.0592 e. The second-order valence-corrected chi connectivity index (χ2v) is 6.02. The molecule has 1 aliphatic rings. The molecule has 1 aromatic rings. The standard InChI is InChI=1S/C14H20BrClN2/c15-13-6-4-5-12(14(13)16)11-17-7-10-18-8-2-1-3-9-18/h4-6,17H,1-3,7-11H2. The Bertz CT molecular complexity index is 378. The van der Waals surface area contributed by atoms with E-state index >= 15 is 0 Å². The molecule has 4 heteroatoms.